The number of fused-ring (bicyclic) bond motifs is 8. The van der Waals surface area contributed by atoms with E-state index in [1.54, 1.807) is 0 Å². The van der Waals surface area contributed by atoms with Crippen LogP contribution in [0.3, 0.4) is 0 Å². The Morgan fingerprint density at radius 3 is 1.57 bits per heavy atom. The Hall–Kier alpha value is -8.22. The van der Waals surface area contributed by atoms with Gasteiger partial charge in [0, 0.05) is 38.7 Å². The first kappa shape index (κ1) is 33.9. The molecule has 0 amide bonds. The molecule has 0 aliphatic carbocycles. The molecule has 8 aromatic carbocycles. The summed E-state index contributed by atoms with van der Waals surface area (Å²) in [6.07, 6.45) is 0. The molecule has 4 heterocycles. The van der Waals surface area contributed by atoms with Crippen LogP contribution in [0.4, 0.5) is 0 Å². The van der Waals surface area contributed by atoms with Crippen LogP contribution in [-0.2, 0) is 0 Å². The van der Waals surface area contributed by atoms with E-state index in [1.807, 2.05) is 66.7 Å². The molecule has 6 nitrogen and oxygen atoms in total. The Labute approximate surface area is 344 Å². The van der Waals surface area contributed by atoms with E-state index in [0.29, 0.717) is 17.5 Å². The van der Waals surface area contributed by atoms with Crippen LogP contribution >= 0.6 is 0 Å². The fourth-order valence-corrected chi connectivity index (χ4v) is 8.60. The van der Waals surface area contributed by atoms with Crippen LogP contribution in [0, 0.1) is 0 Å². The normalized spacial score (nSPS) is 11.7. The first-order chi connectivity index (χ1) is 29.7. The molecule has 0 radical (unpaired) electrons. The highest BCUT2D eigenvalue weighted by molar-refractivity contribution is 6.25. The molecule has 0 bridgehead atoms. The topological polar surface area (TPSA) is 69.6 Å². The number of para-hydroxylation sites is 2. The predicted octanol–water partition coefficient (Wildman–Crippen LogP) is 13.8. The second kappa shape index (κ2) is 13.7. The van der Waals surface area contributed by atoms with Gasteiger partial charge in [-0.05, 0) is 58.3 Å². The second-order valence-electron chi connectivity index (χ2n) is 15.0. The molecular formula is C54H33N5O. The van der Waals surface area contributed by atoms with E-state index in [1.165, 1.54) is 5.39 Å². The third kappa shape index (κ3) is 5.50. The van der Waals surface area contributed by atoms with Crippen molar-refractivity contribution in [3.05, 3.63) is 200 Å². The number of hydrogen-bond acceptors (Lipinski definition) is 5. The number of furan rings is 1. The summed E-state index contributed by atoms with van der Waals surface area (Å²) in [6.45, 7) is 0. The van der Waals surface area contributed by atoms with Gasteiger partial charge >= 0.3 is 0 Å². The van der Waals surface area contributed by atoms with Crippen molar-refractivity contribution in [2.24, 2.45) is 0 Å². The van der Waals surface area contributed by atoms with Crippen LogP contribution < -0.4 is 0 Å². The van der Waals surface area contributed by atoms with E-state index in [0.717, 1.165) is 94.0 Å². The Bertz CT molecular complexity index is 3510. The van der Waals surface area contributed by atoms with Gasteiger partial charge in [-0.25, -0.2) is 19.9 Å². The summed E-state index contributed by atoms with van der Waals surface area (Å²) in [5.74, 6) is 1.92. The monoisotopic (exact) mass is 767 g/mol. The molecule has 0 unspecified atom stereocenters. The largest absolute Gasteiger partial charge is 0.453 e. The summed E-state index contributed by atoms with van der Waals surface area (Å²) in [7, 11) is 0. The van der Waals surface area contributed by atoms with Gasteiger partial charge in [-0.3, -0.25) is 0 Å². The highest BCUT2D eigenvalue weighted by Crippen LogP contribution is 2.45. The lowest BCUT2D eigenvalue weighted by Gasteiger charge is -2.12. The quantitative estimate of drug-likeness (QED) is 0.168. The van der Waals surface area contributed by atoms with Gasteiger partial charge in [0.1, 0.15) is 11.1 Å². The zero-order valence-corrected chi connectivity index (χ0v) is 32.2. The van der Waals surface area contributed by atoms with Crippen molar-refractivity contribution < 1.29 is 4.42 Å². The fourth-order valence-electron chi connectivity index (χ4n) is 8.60. The lowest BCUT2D eigenvalue weighted by atomic mass is 9.98. The van der Waals surface area contributed by atoms with Gasteiger partial charge < -0.3 is 8.98 Å². The summed E-state index contributed by atoms with van der Waals surface area (Å²) >= 11 is 0. The summed E-state index contributed by atoms with van der Waals surface area (Å²) in [4.78, 5) is 20.1. The minimum Gasteiger partial charge on any atom is -0.453 e. The van der Waals surface area contributed by atoms with E-state index in [-0.39, 0.29) is 0 Å². The molecule has 4 aromatic heterocycles. The zero-order chi connectivity index (χ0) is 39.6. The highest BCUT2D eigenvalue weighted by Gasteiger charge is 2.25. The fraction of sp³-hybridized carbons (Fsp3) is 0. The molecule has 0 spiro atoms. The van der Waals surface area contributed by atoms with Crippen LogP contribution in [-0.4, -0.2) is 24.5 Å². The Kier molecular flexibility index (Phi) is 7.74. The molecule has 280 valence electrons. The van der Waals surface area contributed by atoms with Crippen LogP contribution in [0.2, 0.25) is 0 Å². The van der Waals surface area contributed by atoms with Gasteiger partial charge in [-0.2, -0.15) is 0 Å². The minimum atomic E-state index is 0.630. The first-order valence-electron chi connectivity index (χ1n) is 20.1. The number of pyridine rings is 1. The first-order valence-corrected chi connectivity index (χ1v) is 20.1. The van der Waals surface area contributed by atoms with Crippen molar-refractivity contribution in [1.82, 2.24) is 24.5 Å². The molecule has 12 aromatic rings. The predicted molar refractivity (Wildman–Crippen MR) is 244 cm³/mol. The number of hydrogen-bond donors (Lipinski definition) is 0. The zero-order valence-electron chi connectivity index (χ0n) is 32.2. The SMILES string of the molecule is c1ccc(-c2nc(-c3ccccc3)nc(-c3ccc(-c4ccc(-n5c6ccccc6c6oc7c8ccccc8nc(-c8cccc9ccccc89)c7c65)cc4)cc3)n2)cc1. The molecule has 0 saturated heterocycles. The Morgan fingerprint density at radius 1 is 0.367 bits per heavy atom. The summed E-state index contributed by atoms with van der Waals surface area (Å²) in [5, 5.41) is 5.37. The molecule has 0 atom stereocenters. The molecule has 60 heavy (non-hydrogen) atoms. The van der Waals surface area contributed by atoms with Crippen LogP contribution in [0.1, 0.15) is 0 Å². The summed E-state index contributed by atoms with van der Waals surface area (Å²) in [6, 6.07) is 69.1. The van der Waals surface area contributed by atoms with E-state index in [9.17, 15) is 0 Å². The lowest BCUT2D eigenvalue weighted by Crippen LogP contribution is -2.00. The highest BCUT2D eigenvalue weighted by atomic mass is 16.3. The third-order valence-electron chi connectivity index (χ3n) is 11.5. The maximum absolute atomic E-state index is 6.99. The molecule has 0 aliphatic rings. The Balaban J connectivity index is 0.984. The van der Waals surface area contributed by atoms with E-state index < -0.39 is 0 Å². The van der Waals surface area contributed by atoms with Crippen molar-refractivity contribution in [3.63, 3.8) is 0 Å². The van der Waals surface area contributed by atoms with E-state index >= 15 is 0 Å². The number of rotatable bonds is 6. The lowest BCUT2D eigenvalue weighted by molar-refractivity contribution is 0.676. The number of aromatic nitrogens is 5. The van der Waals surface area contributed by atoms with Crippen LogP contribution in [0.15, 0.2) is 205 Å². The summed E-state index contributed by atoms with van der Waals surface area (Å²) < 4.78 is 9.32. The van der Waals surface area contributed by atoms with Crippen LogP contribution in [0.25, 0.3) is 117 Å². The molecule has 0 saturated carbocycles. The second-order valence-corrected chi connectivity index (χ2v) is 15.0. The van der Waals surface area contributed by atoms with Crippen molar-refractivity contribution in [1.29, 1.82) is 0 Å². The third-order valence-corrected chi connectivity index (χ3v) is 11.5. The number of benzene rings is 8. The minimum absolute atomic E-state index is 0.630. The van der Waals surface area contributed by atoms with Gasteiger partial charge in [0.05, 0.1) is 22.1 Å². The molecule has 0 aliphatic heterocycles. The molecule has 12 rings (SSSR count). The van der Waals surface area contributed by atoms with Gasteiger partial charge in [0.25, 0.3) is 0 Å². The van der Waals surface area contributed by atoms with E-state index in [4.69, 9.17) is 24.4 Å². The molecule has 6 heteroatoms. The van der Waals surface area contributed by atoms with Crippen molar-refractivity contribution >= 4 is 54.6 Å². The smallest absolute Gasteiger partial charge is 0.164 e. The summed E-state index contributed by atoms with van der Waals surface area (Å²) in [5.41, 5.74) is 12.7. The van der Waals surface area contributed by atoms with Crippen molar-refractivity contribution in [2.75, 3.05) is 0 Å². The average molecular weight is 768 g/mol. The maximum Gasteiger partial charge on any atom is 0.164 e. The number of nitrogens with zero attached hydrogens (tertiary/aromatic N) is 5. The molecular weight excluding hydrogens is 735 g/mol. The van der Waals surface area contributed by atoms with Crippen molar-refractivity contribution in [2.45, 2.75) is 0 Å². The molecule has 0 N–H and O–H groups in total. The van der Waals surface area contributed by atoms with Crippen LogP contribution in [0.5, 0.6) is 0 Å². The van der Waals surface area contributed by atoms with Gasteiger partial charge in [0.15, 0.2) is 23.1 Å². The van der Waals surface area contributed by atoms with E-state index in [2.05, 4.69) is 138 Å². The van der Waals surface area contributed by atoms with Crippen molar-refractivity contribution in [3.8, 4) is 62.2 Å². The van der Waals surface area contributed by atoms with Gasteiger partial charge in [-0.15, -0.1) is 0 Å². The maximum atomic E-state index is 6.99. The van der Waals surface area contributed by atoms with Gasteiger partial charge in [-0.1, -0.05) is 164 Å². The van der Waals surface area contributed by atoms with Gasteiger partial charge in [0.2, 0.25) is 0 Å². The Morgan fingerprint density at radius 2 is 0.883 bits per heavy atom. The molecule has 0 fully saturated rings. The standard InChI is InChI=1S/C54H33N5O/c1-3-15-37(16-4-1)52-56-53(38-17-5-2-6-18-38)58-54(57-52)39-28-26-34(27-29-39)35-30-32-40(33-31-35)59-46-25-12-10-22-44(46)51-49(59)47-48(42-23-13-19-36-14-7-8-20-41(36)42)55-45-24-11-9-21-43(45)50(47)60-51/h1-33H. The average Bonchev–Trinajstić information content (AvgIpc) is 3.87.